The van der Waals surface area contributed by atoms with Gasteiger partial charge in [-0.25, -0.2) is 14.4 Å². The van der Waals surface area contributed by atoms with Crippen LogP contribution in [0.4, 0.5) is 14.4 Å². The van der Waals surface area contributed by atoms with Crippen LogP contribution in [0, 0.1) is 0 Å². The number of hydrogen-bond donors (Lipinski definition) is 4. The van der Waals surface area contributed by atoms with E-state index in [4.69, 9.17) is 0 Å². The third-order valence-electron chi connectivity index (χ3n) is 1.23. The molecule has 10 heteroatoms. The molecule has 0 heterocycles. The number of ketones is 1. The Kier molecular flexibility index (Phi) is 29.7. The first kappa shape index (κ1) is 27.8. The molecule has 0 aliphatic rings. The lowest BCUT2D eigenvalue weighted by atomic mass is 10.6. The van der Waals surface area contributed by atoms with Gasteiger partial charge in [-0.15, -0.1) is 0 Å². The van der Waals surface area contributed by atoms with Gasteiger partial charge in [0.25, 0.3) is 0 Å². The normalized spacial score (nSPS) is 6.91. The quantitative estimate of drug-likeness (QED) is 0.498. The second kappa shape index (κ2) is 23.6. The number of hydrogen-bond acceptors (Lipinski definition) is 6. The number of carbonyl (C=O) groups is 4. The minimum absolute atomic E-state index is 0.157. The standard InChI is InChI=1S/C3H8N2O.2C3H7NO2.C3H6O/c1-4-3(6)5-2;2*1-4-3(5)6-2;1-3(2)4/h1-2H3,(H2,4,5,6);2*1-2H3,(H,4,5);1-2H3. The molecular weight excluding hydrogens is 296 g/mol. The third kappa shape index (κ3) is 52.8. The summed E-state index contributed by atoms with van der Waals surface area (Å²) in [6.45, 7) is 3.06. The number of rotatable bonds is 0. The van der Waals surface area contributed by atoms with Crippen molar-refractivity contribution < 1.29 is 28.7 Å². The van der Waals surface area contributed by atoms with E-state index >= 15 is 0 Å². The van der Waals surface area contributed by atoms with Crippen molar-refractivity contribution in [3.05, 3.63) is 0 Å². The molecule has 0 spiro atoms. The second-order valence-electron chi connectivity index (χ2n) is 3.22. The molecule has 0 aromatic carbocycles. The van der Waals surface area contributed by atoms with Crippen LogP contribution in [0.15, 0.2) is 0 Å². The fraction of sp³-hybridized carbons (Fsp3) is 0.667. The molecule has 0 unspecified atom stereocenters. The van der Waals surface area contributed by atoms with E-state index in [-0.39, 0.29) is 11.8 Å². The molecule has 0 saturated heterocycles. The van der Waals surface area contributed by atoms with Gasteiger partial charge in [-0.2, -0.15) is 0 Å². The van der Waals surface area contributed by atoms with Crippen molar-refractivity contribution in [3.8, 4) is 0 Å². The minimum Gasteiger partial charge on any atom is -0.453 e. The Balaban J connectivity index is -0.0000000994. The summed E-state index contributed by atoms with van der Waals surface area (Å²) in [6.07, 6.45) is -0.815. The highest BCUT2D eigenvalue weighted by Gasteiger charge is 1.85. The van der Waals surface area contributed by atoms with Crippen LogP contribution >= 0.6 is 0 Å². The highest BCUT2D eigenvalue weighted by Crippen LogP contribution is 1.62. The van der Waals surface area contributed by atoms with E-state index in [0.717, 1.165) is 0 Å². The van der Waals surface area contributed by atoms with Crippen LogP contribution in [0.3, 0.4) is 0 Å². The van der Waals surface area contributed by atoms with Gasteiger partial charge in [-0.3, -0.25) is 0 Å². The minimum atomic E-state index is -0.407. The Morgan fingerprint density at radius 2 is 0.864 bits per heavy atom. The smallest absolute Gasteiger partial charge is 0.406 e. The van der Waals surface area contributed by atoms with Crippen molar-refractivity contribution in [2.24, 2.45) is 0 Å². The van der Waals surface area contributed by atoms with Crippen LogP contribution < -0.4 is 21.3 Å². The lowest BCUT2D eigenvalue weighted by Gasteiger charge is -1.91. The monoisotopic (exact) mass is 324 g/mol. The third-order valence-corrected chi connectivity index (χ3v) is 1.23. The maximum absolute atomic E-state index is 9.96. The molecule has 4 amide bonds. The predicted octanol–water partition coefficient (Wildman–Crippen LogP) is 0.0849. The molecule has 0 radical (unpaired) electrons. The Morgan fingerprint density at radius 3 is 0.864 bits per heavy atom. The fourth-order valence-corrected chi connectivity index (χ4v) is 0.329. The molecule has 0 aromatic heterocycles. The predicted molar refractivity (Wildman–Crippen MR) is 82.8 cm³/mol. The number of methoxy groups -OCH3 is 2. The number of alkyl carbamates (subject to hydrolysis) is 2. The molecule has 0 saturated carbocycles. The summed E-state index contributed by atoms with van der Waals surface area (Å²) in [6, 6.07) is -0.157. The van der Waals surface area contributed by atoms with Gasteiger partial charge in [0, 0.05) is 28.2 Å². The van der Waals surface area contributed by atoms with Gasteiger partial charge < -0.3 is 35.5 Å². The molecule has 0 bridgehead atoms. The molecule has 0 fully saturated rings. The van der Waals surface area contributed by atoms with Crippen molar-refractivity contribution in [1.82, 2.24) is 21.3 Å². The maximum Gasteiger partial charge on any atom is 0.406 e. The summed E-state index contributed by atoms with van der Waals surface area (Å²) >= 11 is 0. The second-order valence-corrected chi connectivity index (χ2v) is 3.22. The van der Waals surface area contributed by atoms with Crippen LogP contribution in [-0.4, -0.2) is 66.4 Å². The van der Waals surface area contributed by atoms with Gasteiger partial charge in [0.2, 0.25) is 0 Å². The molecule has 0 aliphatic heterocycles. The molecule has 10 nitrogen and oxygen atoms in total. The number of Topliss-reactive ketones (excluding diaryl/α,β-unsaturated/α-hetero) is 1. The van der Waals surface area contributed by atoms with E-state index in [2.05, 4.69) is 30.7 Å². The summed E-state index contributed by atoms with van der Waals surface area (Å²) in [5, 5.41) is 9.24. The lowest BCUT2D eigenvalue weighted by molar-refractivity contribution is -0.115. The van der Waals surface area contributed by atoms with Crippen molar-refractivity contribution in [3.63, 3.8) is 0 Å². The van der Waals surface area contributed by atoms with E-state index in [1.807, 2.05) is 0 Å². The summed E-state index contributed by atoms with van der Waals surface area (Å²) in [5.41, 5.74) is 0. The fourth-order valence-electron chi connectivity index (χ4n) is 0.329. The van der Waals surface area contributed by atoms with E-state index in [1.54, 1.807) is 14.1 Å². The van der Waals surface area contributed by atoms with Gasteiger partial charge in [0.05, 0.1) is 14.2 Å². The number of nitrogens with one attached hydrogen (secondary N) is 4. The zero-order valence-corrected chi connectivity index (χ0v) is 14.4. The highest BCUT2D eigenvalue weighted by molar-refractivity contribution is 5.73. The number of ether oxygens (including phenoxy) is 2. The van der Waals surface area contributed by atoms with Crippen LogP contribution in [0.25, 0.3) is 0 Å². The maximum atomic E-state index is 9.96. The summed E-state index contributed by atoms with van der Waals surface area (Å²) in [7, 11) is 8.78. The Hall–Kier alpha value is -2.52. The SMILES string of the molecule is CC(C)=O.CNC(=O)NC.CNC(=O)OC.CNC(=O)OC. The molecule has 22 heavy (non-hydrogen) atoms. The van der Waals surface area contributed by atoms with E-state index in [9.17, 15) is 19.2 Å². The molecule has 0 rings (SSSR count). The van der Waals surface area contributed by atoms with Crippen molar-refractivity contribution >= 4 is 24.0 Å². The van der Waals surface area contributed by atoms with Gasteiger partial charge in [-0.1, -0.05) is 0 Å². The number of urea groups is 1. The number of carbonyl (C=O) groups excluding carboxylic acids is 4. The molecule has 132 valence electrons. The topological polar surface area (TPSA) is 135 Å². The van der Waals surface area contributed by atoms with Gasteiger partial charge in [-0.05, 0) is 13.8 Å². The van der Waals surface area contributed by atoms with Crippen LogP contribution in [0.1, 0.15) is 13.8 Å². The molecule has 4 N–H and O–H groups in total. The lowest BCUT2D eigenvalue weighted by Crippen LogP contribution is -2.28. The largest absolute Gasteiger partial charge is 0.453 e. The average Bonchev–Trinajstić information content (AvgIpc) is 2.52. The molecule has 0 atom stereocenters. The van der Waals surface area contributed by atoms with Crippen molar-refractivity contribution in [1.29, 1.82) is 0 Å². The van der Waals surface area contributed by atoms with Crippen LogP contribution in [-0.2, 0) is 14.3 Å². The van der Waals surface area contributed by atoms with Gasteiger partial charge >= 0.3 is 18.2 Å². The zero-order chi connectivity index (χ0) is 18.6. The Bertz CT molecular complexity index is 250. The average molecular weight is 324 g/mol. The summed E-state index contributed by atoms with van der Waals surface area (Å²) in [4.78, 5) is 39.1. The summed E-state index contributed by atoms with van der Waals surface area (Å²) < 4.78 is 8.30. The Labute approximate surface area is 131 Å². The van der Waals surface area contributed by atoms with E-state index in [0.29, 0.717) is 0 Å². The van der Waals surface area contributed by atoms with Crippen LogP contribution in [0.5, 0.6) is 0 Å². The number of amides is 4. The van der Waals surface area contributed by atoms with Gasteiger partial charge in [0.15, 0.2) is 0 Å². The molecule has 0 aliphatic carbocycles. The Morgan fingerprint density at radius 1 is 0.636 bits per heavy atom. The van der Waals surface area contributed by atoms with Gasteiger partial charge in [0.1, 0.15) is 5.78 Å². The van der Waals surface area contributed by atoms with E-state index in [1.165, 1.54) is 42.2 Å². The molecule has 0 aromatic rings. The highest BCUT2D eigenvalue weighted by atomic mass is 16.5. The first-order chi connectivity index (χ1) is 10.2. The first-order valence-corrected chi connectivity index (χ1v) is 6.04. The van der Waals surface area contributed by atoms with E-state index < -0.39 is 12.2 Å². The van der Waals surface area contributed by atoms with Crippen molar-refractivity contribution in [2.45, 2.75) is 13.8 Å². The van der Waals surface area contributed by atoms with Crippen LogP contribution in [0.2, 0.25) is 0 Å². The van der Waals surface area contributed by atoms with Crippen molar-refractivity contribution in [2.75, 3.05) is 42.4 Å². The summed E-state index contributed by atoms with van der Waals surface area (Å²) in [5.74, 6) is 0.167. The first-order valence-electron chi connectivity index (χ1n) is 6.04. The molecular formula is C12H28N4O6. The zero-order valence-electron chi connectivity index (χ0n) is 14.4.